The summed E-state index contributed by atoms with van der Waals surface area (Å²) in [6.07, 6.45) is 5.51. The highest BCUT2D eigenvalue weighted by Crippen LogP contribution is 2.06. The fraction of sp³-hybridized carbons (Fsp3) is 0.600. The Labute approximate surface area is 207 Å². The summed E-state index contributed by atoms with van der Waals surface area (Å²) in [5.41, 5.74) is 16.7. The Bertz CT molecular complexity index is 859. The Morgan fingerprint density at radius 2 is 1.69 bits per heavy atom. The van der Waals surface area contributed by atoms with Gasteiger partial charge in [0, 0.05) is 24.9 Å². The number of aromatic amines is 1. The average molecular weight is 514 g/mol. The summed E-state index contributed by atoms with van der Waals surface area (Å²) < 4.78 is 0. The van der Waals surface area contributed by atoms with E-state index in [1.807, 2.05) is 6.26 Å². The summed E-state index contributed by atoms with van der Waals surface area (Å²) in [6, 6.07) is -4.10. The van der Waals surface area contributed by atoms with Gasteiger partial charge in [-0.1, -0.05) is 0 Å². The van der Waals surface area contributed by atoms with Crippen LogP contribution in [0.1, 0.15) is 31.9 Å². The number of guanidine groups is 1. The van der Waals surface area contributed by atoms with Crippen LogP contribution in [0.25, 0.3) is 0 Å². The van der Waals surface area contributed by atoms with Crippen molar-refractivity contribution in [2.45, 2.75) is 56.8 Å². The van der Waals surface area contributed by atoms with Crippen LogP contribution in [0.5, 0.6) is 0 Å². The molecule has 15 heteroatoms. The van der Waals surface area contributed by atoms with Crippen molar-refractivity contribution in [3.8, 4) is 0 Å². The fourth-order valence-electron chi connectivity index (χ4n) is 2.94. The molecule has 0 saturated carbocycles. The zero-order valence-corrected chi connectivity index (χ0v) is 20.6. The number of H-pyrrole nitrogens is 1. The normalized spacial score (nSPS) is 14.1. The predicted octanol–water partition coefficient (Wildman–Crippen LogP) is -2.35. The lowest BCUT2D eigenvalue weighted by Crippen LogP contribution is -2.57. The van der Waals surface area contributed by atoms with Crippen LogP contribution < -0.4 is 33.2 Å². The Kier molecular flexibility index (Phi) is 13.2. The van der Waals surface area contributed by atoms with Crippen molar-refractivity contribution in [1.29, 1.82) is 0 Å². The molecule has 11 N–H and O–H groups in total. The number of nitrogens with one attached hydrogen (secondary N) is 4. The van der Waals surface area contributed by atoms with Gasteiger partial charge in [-0.3, -0.25) is 19.4 Å². The summed E-state index contributed by atoms with van der Waals surface area (Å²) in [5, 5.41) is 17.2. The quantitative estimate of drug-likeness (QED) is 0.0664. The molecule has 14 nitrogen and oxygen atoms in total. The largest absolute Gasteiger partial charge is 0.480 e. The number of carboxylic acid groups (broad SMARTS) is 1. The second-order valence-electron chi connectivity index (χ2n) is 7.82. The number of thioether (sulfide) groups is 1. The molecule has 0 aliphatic rings. The van der Waals surface area contributed by atoms with Crippen LogP contribution in [0.2, 0.25) is 0 Å². The summed E-state index contributed by atoms with van der Waals surface area (Å²) in [7, 11) is 0. The van der Waals surface area contributed by atoms with Gasteiger partial charge in [0.2, 0.25) is 17.7 Å². The molecule has 3 amide bonds. The van der Waals surface area contributed by atoms with E-state index in [0.29, 0.717) is 17.9 Å². The molecule has 196 valence electrons. The Morgan fingerprint density at radius 3 is 2.20 bits per heavy atom. The number of hydrogen-bond acceptors (Lipinski definition) is 8. The van der Waals surface area contributed by atoms with E-state index in [0.717, 1.165) is 0 Å². The number of rotatable bonds is 16. The predicted molar refractivity (Wildman–Crippen MR) is 132 cm³/mol. The van der Waals surface area contributed by atoms with E-state index in [4.69, 9.17) is 17.2 Å². The van der Waals surface area contributed by atoms with Crippen molar-refractivity contribution in [2.24, 2.45) is 22.2 Å². The first kappa shape index (κ1) is 29.7. The monoisotopic (exact) mass is 513 g/mol. The molecule has 0 aromatic carbocycles. The third-order valence-electron chi connectivity index (χ3n) is 4.83. The van der Waals surface area contributed by atoms with Gasteiger partial charge in [0.1, 0.15) is 18.1 Å². The van der Waals surface area contributed by atoms with Crippen molar-refractivity contribution >= 4 is 41.4 Å². The molecule has 4 unspecified atom stereocenters. The lowest BCUT2D eigenvalue weighted by Gasteiger charge is -2.25. The van der Waals surface area contributed by atoms with E-state index in [1.54, 1.807) is 0 Å². The molecule has 1 aromatic rings. The van der Waals surface area contributed by atoms with Crippen LogP contribution in [0.4, 0.5) is 0 Å². The highest BCUT2D eigenvalue weighted by Gasteiger charge is 2.30. The molecule has 0 saturated heterocycles. The minimum absolute atomic E-state index is 0.0118. The van der Waals surface area contributed by atoms with E-state index in [-0.39, 0.29) is 31.8 Å². The molecule has 1 aromatic heterocycles. The third-order valence-corrected chi connectivity index (χ3v) is 5.47. The number of nitrogens with zero attached hydrogens (tertiary/aromatic N) is 2. The second-order valence-corrected chi connectivity index (χ2v) is 8.81. The number of nitrogens with two attached hydrogens (primary N) is 3. The highest BCUT2D eigenvalue weighted by molar-refractivity contribution is 7.98. The number of carbonyl (C=O) groups is 4. The molecule has 1 heterocycles. The molecule has 4 atom stereocenters. The van der Waals surface area contributed by atoms with Crippen LogP contribution in [-0.4, -0.2) is 87.4 Å². The maximum absolute atomic E-state index is 13.0. The van der Waals surface area contributed by atoms with Gasteiger partial charge in [-0.25, -0.2) is 9.78 Å². The zero-order valence-electron chi connectivity index (χ0n) is 19.8. The van der Waals surface area contributed by atoms with Gasteiger partial charge in [-0.2, -0.15) is 11.8 Å². The van der Waals surface area contributed by atoms with Crippen molar-refractivity contribution in [3.63, 3.8) is 0 Å². The topological polar surface area (TPSA) is 244 Å². The number of amides is 3. The minimum atomic E-state index is -1.23. The van der Waals surface area contributed by atoms with E-state index >= 15 is 0 Å². The van der Waals surface area contributed by atoms with Gasteiger partial charge in [0.25, 0.3) is 0 Å². The van der Waals surface area contributed by atoms with Crippen molar-refractivity contribution in [3.05, 3.63) is 18.2 Å². The maximum Gasteiger partial charge on any atom is 0.326 e. The van der Waals surface area contributed by atoms with E-state index in [9.17, 15) is 24.3 Å². The second kappa shape index (κ2) is 15.5. The van der Waals surface area contributed by atoms with Crippen molar-refractivity contribution in [2.75, 3.05) is 18.6 Å². The molecule has 0 fully saturated rings. The molecule has 35 heavy (non-hydrogen) atoms. The molecular formula is C20H35N9O5S. The Balaban J connectivity index is 2.93. The Morgan fingerprint density at radius 1 is 1.09 bits per heavy atom. The third kappa shape index (κ3) is 11.6. The number of imidazole rings is 1. The number of carbonyl (C=O) groups excluding carboxylic acids is 3. The van der Waals surface area contributed by atoms with Gasteiger partial charge in [0.05, 0.1) is 12.4 Å². The van der Waals surface area contributed by atoms with Crippen molar-refractivity contribution in [1.82, 2.24) is 25.9 Å². The van der Waals surface area contributed by atoms with E-state index in [2.05, 4.69) is 30.9 Å². The smallest absolute Gasteiger partial charge is 0.326 e. The van der Waals surface area contributed by atoms with Gasteiger partial charge in [-0.15, -0.1) is 0 Å². The van der Waals surface area contributed by atoms with Crippen LogP contribution in [0.3, 0.4) is 0 Å². The zero-order chi connectivity index (χ0) is 26.4. The van der Waals surface area contributed by atoms with Crippen LogP contribution in [-0.2, 0) is 25.6 Å². The number of aromatic nitrogens is 2. The maximum atomic E-state index is 13.0. The first-order valence-electron chi connectivity index (χ1n) is 11.0. The molecule has 0 aliphatic heterocycles. The van der Waals surface area contributed by atoms with Crippen LogP contribution in [0.15, 0.2) is 17.5 Å². The Hall–Kier alpha value is -3.33. The van der Waals surface area contributed by atoms with Crippen LogP contribution >= 0.6 is 11.8 Å². The standard InChI is InChI=1S/C20H35N9O5S/c1-11(21)16(30)27-13(4-3-6-25-20(22)23)17(31)28-14(5-7-35-2)18(32)29-15(19(33)34)8-12-9-24-10-26-12/h9-11,13-15H,3-8,21H2,1-2H3,(H,24,26)(H,27,30)(H,28,31)(H,29,32)(H,33,34)(H4,22,23,25). The lowest BCUT2D eigenvalue weighted by molar-refractivity contribution is -0.142. The first-order valence-corrected chi connectivity index (χ1v) is 12.4. The van der Waals surface area contributed by atoms with Crippen molar-refractivity contribution < 1.29 is 24.3 Å². The SMILES string of the molecule is CSCCC(NC(=O)C(CCCN=C(N)N)NC(=O)C(C)N)C(=O)NC(Cc1cnc[nH]1)C(=O)O. The summed E-state index contributed by atoms with van der Waals surface area (Å²) in [6.45, 7) is 1.72. The number of carboxylic acids is 1. The minimum Gasteiger partial charge on any atom is -0.480 e. The summed E-state index contributed by atoms with van der Waals surface area (Å²) in [5.74, 6) is -2.60. The molecule has 0 aliphatic carbocycles. The molecule has 0 radical (unpaired) electrons. The summed E-state index contributed by atoms with van der Waals surface area (Å²) >= 11 is 1.46. The van der Waals surface area contributed by atoms with Crippen LogP contribution in [0, 0.1) is 0 Å². The number of hydrogen-bond donors (Lipinski definition) is 8. The molecule has 1 rings (SSSR count). The first-order chi connectivity index (χ1) is 16.5. The van der Waals surface area contributed by atoms with Gasteiger partial charge < -0.3 is 43.2 Å². The van der Waals surface area contributed by atoms with E-state index < -0.39 is 47.9 Å². The van der Waals surface area contributed by atoms with Gasteiger partial charge in [0.15, 0.2) is 5.96 Å². The van der Waals surface area contributed by atoms with Gasteiger partial charge in [-0.05, 0) is 38.2 Å². The molecular weight excluding hydrogens is 478 g/mol. The molecule has 0 bridgehead atoms. The average Bonchev–Trinajstić information content (AvgIpc) is 3.30. The number of aliphatic imine (C=N–C) groups is 1. The molecule has 0 spiro atoms. The summed E-state index contributed by atoms with van der Waals surface area (Å²) in [4.78, 5) is 60.2. The van der Waals surface area contributed by atoms with E-state index in [1.165, 1.54) is 31.2 Å². The van der Waals surface area contributed by atoms with Gasteiger partial charge >= 0.3 is 5.97 Å². The lowest BCUT2D eigenvalue weighted by atomic mass is 10.1. The highest BCUT2D eigenvalue weighted by atomic mass is 32.2. The number of aliphatic carboxylic acids is 1. The fourth-order valence-corrected chi connectivity index (χ4v) is 3.41.